The molecule has 1 N–H and O–H groups in total. The lowest BCUT2D eigenvalue weighted by Crippen LogP contribution is -2.39. The first kappa shape index (κ1) is 18.5. The second-order valence-corrected chi connectivity index (χ2v) is 8.31. The molecule has 0 bridgehead atoms. The van der Waals surface area contributed by atoms with Crippen LogP contribution in [0.4, 0.5) is 5.69 Å². The summed E-state index contributed by atoms with van der Waals surface area (Å²) in [5, 5.41) is 3.49. The monoisotopic (exact) mass is 354 g/mol. The summed E-state index contributed by atoms with van der Waals surface area (Å²) in [5.74, 6) is 0.682. The normalized spacial score (nSPS) is 13.6. The number of hydrogen-bond acceptors (Lipinski definition) is 2. The van der Waals surface area contributed by atoms with Crippen LogP contribution >= 0.6 is 15.9 Å². The largest absolute Gasteiger partial charge is 0.371 e. The number of halogens is 1. The van der Waals surface area contributed by atoms with Gasteiger partial charge in [-0.15, -0.1) is 0 Å². The van der Waals surface area contributed by atoms with E-state index in [2.05, 4.69) is 92.9 Å². The first-order valence-electron chi connectivity index (χ1n) is 7.85. The molecule has 1 atom stereocenters. The van der Waals surface area contributed by atoms with E-state index in [0.717, 1.165) is 13.1 Å². The SMILES string of the molecule is CC(C)CNCc1ccc(N(C)C(C)C(C)(C)C)cc1Br. The Morgan fingerprint density at radius 3 is 2.29 bits per heavy atom. The summed E-state index contributed by atoms with van der Waals surface area (Å²) >= 11 is 3.72. The number of hydrogen-bond donors (Lipinski definition) is 1. The average molecular weight is 355 g/mol. The highest BCUT2D eigenvalue weighted by molar-refractivity contribution is 9.10. The fraction of sp³-hybridized carbons (Fsp3) is 0.667. The Balaban J connectivity index is 2.77. The molecular weight excluding hydrogens is 324 g/mol. The Hall–Kier alpha value is -0.540. The Bertz CT molecular complexity index is 449. The average Bonchev–Trinajstić information content (AvgIpc) is 2.37. The molecular formula is C18H31BrN2. The van der Waals surface area contributed by atoms with E-state index in [4.69, 9.17) is 0 Å². The zero-order chi connectivity index (χ0) is 16.2. The minimum Gasteiger partial charge on any atom is -0.371 e. The molecule has 0 heterocycles. The van der Waals surface area contributed by atoms with Crippen LogP contribution in [0.2, 0.25) is 0 Å². The van der Waals surface area contributed by atoms with E-state index in [1.165, 1.54) is 15.7 Å². The van der Waals surface area contributed by atoms with Gasteiger partial charge in [-0.05, 0) is 42.5 Å². The van der Waals surface area contributed by atoms with Crippen LogP contribution in [0.5, 0.6) is 0 Å². The van der Waals surface area contributed by atoms with Crippen molar-refractivity contribution in [3.05, 3.63) is 28.2 Å². The van der Waals surface area contributed by atoms with Gasteiger partial charge in [-0.1, -0.05) is 56.6 Å². The van der Waals surface area contributed by atoms with E-state index in [1.54, 1.807) is 0 Å². The maximum atomic E-state index is 3.72. The predicted molar refractivity (Wildman–Crippen MR) is 98.0 cm³/mol. The second kappa shape index (κ2) is 7.64. The third-order valence-corrected chi connectivity index (χ3v) is 4.88. The number of rotatable bonds is 6. The molecule has 0 radical (unpaired) electrons. The molecule has 1 aromatic carbocycles. The lowest BCUT2D eigenvalue weighted by Gasteiger charge is -2.37. The summed E-state index contributed by atoms with van der Waals surface area (Å²) < 4.78 is 1.18. The van der Waals surface area contributed by atoms with E-state index in [-0.39, 0.29) is 5.41 Å². The molecule has 1 unspecified atom stereocenters. The molecule has 0 aromatic heterocycles. The van der Waals surface area contributed by atoms with Gasteiger partial charge in [-0.25, -0.2) is 0 Å². The van der Waals surface area contributed by atoms with Gasteiger partial charge in [0.1, 0.15) is 0 Å². The summed E-state index contributed by atoms with van der Waals surface area (Å²) in [6, 6.07) is 7.15. The zero-order valence-corrected chi connectivity index (χ0v) is 16.2. The van der Waals surface area contributed by atoms with E-state index >= 15 is 0 Å². The molecule has 0 spiro atoms. The molecule has 0 saturated heterocycles. The van der Waals surface area contributed by atoms with Crippen molar-refractivity contribution in [2.75, 3.05) is 18.5 Å². The van der Waals surface area contributed by atoms with Crippen molar-refractivity contribution < 1.29 is 0 Å². The molecule has 0 amide bonds. The highest BCUT2D eigenvalue weighted by Gasteiger charge is 2.24. The Kier molecular flexibility index (Phi) is 6.73. The summed E-state index contributed by atoms with van der Waals surface area (Å²) in [6.07, 6.45) is 0. The number of nitrogens with zero attached hydrogens (tertiary/aromatic N) is 1. The summed E-state index contributed by atoms with van der Waals surface area (Å²) in [4.78, 5) is 2.36. The van der Waals surface area contributed by atoms with Gasteiger partial charge in [0, 0.05) is 29.8 Å². The van der Waals surface area contributed by atoms with Crippen molar-refractivity contribution in [2.45, 2.75) is 54.1 Å². The molecule has 0 aliphatic carbocycles. The molecule has 21 heavy (non-hydrogen) atoms. The first-order chi connectivity index (χ1) is 9.62. The maximum Gasteiger partial charge on any atom is 0.0377 e. The van der Waals surface area contributed by atoms with E-state index < -0.39 is 0 Å². The fourth-order valence-electron chi connectivity index (χ4n) is 2.20. The van der Waals surface area contributed by atoms with Crippen molar-refractivity contribution in [3.8, 4) is 0 Å². The third kappa shape index (κ3) is 5.63. The van der Waals surface area contributed by atoms with Gasteiger partial charge in [0.2, 0.25) is 0 Å². The zero-order valence-electron chi connectivity index (χ0n) is 14.6. The summed E-state index contributed by atoms with van der Waals surface area (Å²) in [6.45, 7) is 15.6. The first-order valence-corrected chi connectivity index (χ1v) is 8.64. The van der Waals surface area contributed by atoms with Crippen LogP contribution in [0.3, 0.4) is 0 Å². The van der Waals surface area contributed by atoms with Gasteiger partial charge >= 0.3 is 0 Å². The standard InChI is InChI=1S/C18H31BrN2/c1-13(2)11-20-12-15-8-9-16(10-17(15)19)21(7)14(3)18(4,5)6/h8-10,13-14,20H,11-12H2,1-7H3. The number of anilines is 1. The van der Waals surface area contributed by atoms with E-state index in [1.807, 2.05) is 0 Å². The Morgan fingerprint density at radius 2 is 1.81 bits per heavy atom. The predicted octanol–water partition coefficient (Wildman–Crippen LogP) is 5.07. The van der Waals surface area contributed by atoms with Crippen LogP contribution in [0.1, 0.15) is 47.1 Å². The van der Waals surface area contributed by atoms with Crippen LogP contribution < -0.4 is 10.2 Å². The lowest BCUT2D eigenvalue weighted by atomic mass is 9.87. The molecule has 0 aliphatic heterocycles. The molecule has 1 rings (SSSR count). The van der Waals surface area contributed by atoms with Crippen LogP contribution in [0.25, 0.3) is 0 Å². The minimum absolute atomic E-state index is 0.263. The van der Waals surface area contributed by atoms with E-state index in [9.17, 15) is 0 Å². The highest BCUT2D eigenvalue weighted by atomic mass is 79.9. The van der Waals surface area contributed by atoms with Crippen molar-refractivity contribution >= 4 is 21.6 Å². The van der Waals surface area contributed by atoms with Crippen LogP contribution in [-0.4, -0.2) is 19.6 Å². The molecule has 0 fully saturated rings. The quantitative estimate of drug-likeness (QED) is 0.767. The van der Waals surface area contributed by atoms with Crippen molar-refractivity contribution in [2.24, 2.45) is 11.3 Å². The smallest absolute Gasteiger partial charge is 0.0377 e. The van der Waals surface area contributed by atoms with Crippen molar-refractivity contribution in [3.63, 3.8) is 0 Å². The number of nitrogens with one attached hydrogen (secondary N) is 1. The van der Waals surface area contributed by atoms with Crippen LogP contribution in [0.15, 0.2) is 22.7 Å². The van der Waals surface area contributed by atoms with Crippen LogP contribution in [-0.2, 0) is 6.54 Å². The third-order valence-electron chi connectivity index (χ3n) is 4.15. The fourth-order valence-corrected chi connectivity index (χ4v) is 2.71. The molecule has 120 valence electrons. The van der Waals surface area contributed by atoms with Gasteiger partial charge in [-0.2, -0.15) is 0 Å². The van der Waals surface area contributed by atoms with Crippen molar-refractivity contribution in [1.29, 1.82) is 0 Å². The maximum absolute atomic E-state index is 3.72. The van der Waals surface area contributed by atoms with Gasteiger partial charge in [0.15, 0.2) is 0 Å². The van der Waals surface area contributed by atoms with Gasteiger partial charge < -0.3 is 10.2 Å². The van der Waals surface area contributed by atoms with Gasteiger partial charge in [0.25, 0.3) is 0 Å². The topological polar surface area (TPSA) is 15.3 Å². The highest BCUT2D eigenvalue weighted by Crippen LogP contribution is 2.30. The van der Waals surface area contributed by atoms with E-state index in [0.29, 0.717) is 12.0 Å². The summed E-state index contributed by atoms with van der Waals surface area (Å²) in [5.41, 5.74) is 2.84. The number of benzene rings is 1. The molecule has 0 aliphatic rings. The Labute approximate surface area is 139 Å². The van der Waals surface area contributed by atoms with Crippen LogP contribution in [0, 0.1) is 11.3 Å². The Morgan fingerprint density at radius 1 is 1.19 bits per heavy atom. The second-order valence-electron chi connectivity index (χ2n) is 7.45. The molecule has 1 aromatic rings. The summed E-state index contributed by atoms with van der Waals surface area (Å²) in [7, 11) is 2.17. The van der Waals surface area contributed by atoms with Crippen molar-refractivity contribution in [1.82, 2.24) is 5.32 Å². The molecule has 0 saturated carbocycles. The van der Waals surface area contributed by atoms with Gasteiger partial charge in [-0.3, -0.25) is 0 Å². The molecule has 3 heteroatoms. The van der Waals surface area contributed by atoms with Gasteiger partial charge in [0.05, 0.1) is 0 Å². The minimum atomic E-state index is 0.263. The molecule has 2 nitrogen and oxygen atoms in total. The lowest BCUT2D eigenvalue weighted by molar-refractivity contribution is 0.330.